The molecule has 5 heteroatoms. The van der Waals surface area contributed by atoms with Crippen LogP contribution in [-0.4, -0.2) is 17.4 Å². The lowest BCUT2D eigenvalue weighted by Crippen LogP contribution is -2.25. The number of carbonyl (C=O) groups is 1. The summed E-state index contributed by atoms with van der Waals surface area (Å²) in [6.07, 6.45) is 5.25. The second-order valence-corrected chi connectivity index (χ2v) is 5.20. The zero-order chi connectivity index (χ0) is 13.9. The second kappa shape index (κ2) is 5.46. The van der Waals surface area contributed by atoms with Gasteiger partial charge in [0.2, 0.25) is 0 Å². The maximum absolute atomic E-state index is 12.3. The van der Waals surface area contributed by atoms with Crippen LogP contribution in [0.5, 0.6) is 0 Å². The van der Waals surface area contributed by atoms with Gasteiger partial charge in [-0.1, -0.05) is 37.1 Å². The maximum atomic E-state index is 12.3. The molecular weight excluding hydrogens is 252 g/mol. The molecule has 0 atom stereocenters. The Morgan fingerprint density at radius 1 is 1.30 bits per heavy atom. The molecule has 1 aliphatic carbocycles. The number of carbonyl (C=O) groups excluding carboxylic acids is 1. The van der Waals surface area contributed by atoms with Crippen molar-refractivity contribution in [2.45, 2.75) is 19.3 Å². The molecule has 0 saturated heterocycles. The number of nitrogens with zero attached hydrogens (tertiary/aromatic N) is 1. The number of nitrogens with one attached hydrogen (secondary N) is 2. The van der Waals surface area contributed by atoms with Crippen molar-refractivity contribution in [1.29, 1.82) is 0 Å². The van der Waals surface area contributed by atoms with E-state index in [1.54, 1.807) is 6.20 Å². The summed E-state index contributed by atoms with van der Waals surface area (Å²) < 4.78 is 0. The molecule has 1 heterocycles. The molecule has 5 nitrogen and oxygen atoms in total. The van der Waals surface area contributed by atoms with Crippen LogP contribution in [-0.2, 0) is 0 Å². The van der Waals surface area contributed by atoms with Crippen LogP contribution in [0.4, 0.5) is 5.82 Å². The van der Waals surface area contributed by atoms with Crippen molar-refractivity contribution in [3.05, 3.63) is 36.0 Å². The van der Waals surface area contributed by atoms with Crippen LogP contribution >= 0.6 is 0 Å². The van der Waals surface area contributed by atoms with E-state index in [2.05, 4.69) is 15.7 Å². The van der Waals surface area contributed by atoms with Gasteiger partial charge in [0.25, 0.3) is 5.91 Å². The third-order valence-electron chi connectivity index (χ3n) is 3.71. The van der Waals surface area contributed by atoms with Crippen molar-refractivity contribution >= 4 is 22.5 Å². The molecule has 1 saturated carbocycles. The van der Waals surface area contributed by atoms with E-state index in [1.807, 2.05) is 24.3 Å². The molecule has 20 heavy (non-hydrogen) atoms. The third-order valence-corrected chi connectivity index (χ3v) is 3.71. The average molecular weight is 270 g/mol. The summed E-state index contributed by atoms with van der Waals surface area (Å²) in [6, 6.07) is 7.62. The highest BCUT2D eigenvalue weighted by atomic mass is 16.1. The number of hydrogen-bond acceptors (Lipinski definition) is 4. The number of benzene rings is 1. The zero-order valence-electron chi connectivity index (χ0n) is 11.2. The summed E-state index contributed by atoms with van der Waals surface area (Å²) in [6.45, 7) is 0.731. The van der Waals surface area contributed by atoms with Crippen molar-refractivity contribution in [3.8, 4) is 0 Å². The number of nitrogens with two attached hydrogens (primary N) is 1. The fraction of sp³-hybridized carbons (Fsp3) is 0.333. The minimum atomic E-state index is -0.0714. The first-order chi connectivity index (χ1) is 9.79. The van der Waals surface area contributed by atoms with Gasteiger partial charge in [-0.2, -0.15) is 0 Å². The molecule has 0 spiro atoms. The van der Waals surface area contributed by atoms with Gasteiger partial charge in [-0.15, -0.1) is 0 Å². The summed E-state index contributed by atoms with van der Waals surface area (Å²) in [5, 5.41) is 4.68. The standard InChI is InChI=1S/C15H18N4O/c16-19-14-12-4-2-1-3-11(12)13(9-18-14)15(20)17-8-7-10-5-6-10/h1-4,9-10H,5-8,16H2,(H,17,20)(H,18,19). The van der Waals surface area contributed by atoms with E-state index in [0.717, 1.165) is 29.7 Å². The van der Waals surface area contributed by atoms with Gasteiger partial charge in [-0.05, 0) is 17.7 Å². The second-order valence-electron chi connectivity index (χ2n) is 5.20. The first-order valence-electron chi connectivity index (χ1n) is 6.92. The zero-order valence-corrected chi connectivity index (χ0v) is 11.2. The fourth-order valence-corrected chi connectivity index (χ4v) is 2.38. The maximum Gasteiger partial charge on any atom is 0.253 e. The molecule has 0 aliphatic heterocycles. The normalized spacial score (nSPS) is 14.2. The van der Waals surface area contributed by atoms with Crippen LogP contribution in [0.15, 0.2) is 30.5 Å². The number of fused-ring (bicyclic) bond motifs is 1. The van der Waals surface area contributed by atoms with E-state index >= 15 is 0 Å². The lowest BCUT2D eigenvalue weighted by Gasteiger charge is -2.10. The molecule has 1 aromatic heterocycles. The molecule has 4 N–H and O–H groups in total. The Morgan fingerprint density at radius 3 is 2.75 bits per heavy atom. The SMILES string of the molecule is NNc1ncc(C(=O)NCCC2CC2)c2ccccc12. The van der Waals surface area contributed by atoms with Crippen molar-refractivity contribution < 1.29 is 4.79 Å². The summed E-state index contributed by atoms with van der Waals surface area (Å²) in [7, 11) is 0. The van der Waals surface area contributed by atoms with Crippen LogP contribution < -0.4 is 16.6 Å². The van der Waals surface area contributed by atoms with Gasteiger partial charge in [0.15, 0.2) is 0 Å². The lowest BCUT2D eigenvalue weighted by molar-refractivity contribution is 0.0954. The van der Waals surface area contributed by atoms with Gasteiger partial charge >= 0.3 is 0 Å². The molecule has 1 aromatic carbocycles. The van der Waals surface area contributed by atoms with Crippen molar-refractivity contribution in [2.75, 3.05) is 12.0 Å². The lowest BCUT2D eigenvalue weighted by atomic mass is 10.1. The summed E-state index contributed by atoms with van der Waals surface area (Å²) in [4.78, 5) is 16.5. The van der Waals surface area contributed by atoms with Gasteiger partial charge in [-0.25, -0.2) is 10.8 Å². The first-order valence-corrected chi connectivity index (χ1v) is 6.92. The van der Waals surface area contributed by atoms with E-state index in [9.17, 15) is 4.79 Å². The quantitative estimate of drug-likeness (QED) is 0.574. The van der Waals surface area contributed by atoms with Gasteiger partial charge in [0.1, 0.15) is 5.82 Å². The molecular formula is C15H18N4O. The number of aromatic nitrogens is 1. The summed E-state index contributed by atoms with van der Waals surface area (Å²) in [5.41, 5.74) is 3.15. The van der Waals surface area contributed by atoms with Crippen LogP contribution in [0, 0.1) is 5.92 Å². The Labute approximate surface area is 117 Å². The number of pyridine rings is 1. The molecule has 104 valence electrons. The Morgan fingerprint density at radius 2 is 2.05 bits per heavy atom. The highest BCUT2D eigenvalue weighted by molar-refractivity contribution is 6.09. The molecule has 0 bridgehead atoms. The number of hydrazine groups is 1. The number of anilines is 1. The molecule has 2 aromatic rings. The highest BCUT2D eigenvalue weighted by Gasteiger charge is 2.21. The van der Waals surface area contributed by atoms with Crippen LogP contribution in [0.25, 0.3) is 10.8 Å². The Kier molecular flexibility index (Phi) is 3.52. The van der Waals surface area contributed by atoms with Crippen LogP contribution in [0.2, 0.25) is 0 Å². The highest BCUT2D eigenvalue weighted by Crippen LogP contribution is 2.31. The van der Waals surface area contributed by atoms with Crippen LogP contribution in [0.3, 0.4) is 0 Å². The summed E-state index contributed by atoms with van der Waals surface area (Å²) >= 11 is 0. The number of amides is 1. The van der Waals surface area contributed by atoms with E-state index in [4.69, 9.17) is 5.84 Å². The largest absolute Gasteiger partial charge is 0.352 e. The molecule has 3 rings (SSSR count). The van der Waals surface area contributed by atoms with E-state index in [1.165, 1.54) is 12.8 Å². The first kappa shape index (κ1) is 12.9. The molecule has 1 amide bonds. The average Bonchev–Trinajstić information content (AvgIpc) is 3.30. The number of hydrogen-bond donors (Lipinski definition) is 3. The third kappa shape index (κ3) is 2.58. The summed E-state index contributed by atoms with van der Waals surface area (Å²) in [5.74, 6) is 6.77. The smallest absolute Gasteiger partial charge is 0.253 e. The fourth-order valence-electron chi connectivity index (χ4n) is 2.38. The minimum Gasteiger partial charge on any atom is -0.352 e. The predicted octanol–water partition coefficient (Wildman–Crippen LogP) is 2.05. The van der Waals surface area contributed by atoms with Crippen LogP contribution in [0.1, 0.15) is 29.6 Å². The van der Waals surface area contributed by atoms with E-state index < -0.39 is 0 Å². The van der Waals surface area contributed by atoms with E-state index in [-0.39, 0.29) is 5.91 Å². The van der Waals surface area contributed by atoms with Crippen molar-refractivity contribution in [1.82, 2.24) is 10.3 Å². The molecule has 0 unspecified atom stereocenters. The Balaban J connectivity index is 1.84. The van der Waals surface area contributed by atoms with E-state index in [0.29, 0.717) is 11.4 Å². The Bertz CT molecular complexity index is 637. The molecule has 1 aliphatic rings. The van der Waals surface area contributed by atoms with Gasteiger partial charge in [0, 0.05) is 18.1 Å². The monoisotopic (exact) mass is 270 g/mol. The molecule has 1 fully saturated rings. The number of rotatable bonds is 5. The topological polar surface area (TPSA) is 80.0 Å². The minimum absolute atomic E-state index is 0.0714. The van der Waals surface area contributed by atoms with Crippen molar-refractivity contribution in [2.24, 2.45) is 11.8 Å². The molecule has 0 radical (unpaired) electrons. The van der Waals surface area contributed by atoms with Gasteiger partial charge < -0.3 is 10.7 Å². The van der Waals surface area contributed by atoms with Gasteiger partial charge in [-0.3, -0.25) is 4.79 Å². The number of nitrogen functional groups attached to an aromatic ring is 1. The van der Waals surface area contributed by atoms with Crippen molar-refractivity contribution in [3.63, 3.8) is 0 Å². The predicted molar refractivity (Wildman–Crippen MR) is 79.2 cm³/mol. The van der Waals surface area contributed by atoms with Gasteiger partial charge in [0.05, 0.1) is 5.56 Å². The Hall–Kier alpha value is -2.14.